The first-order valence-corrected chi connectivity index (χ1v) is 24.4. The van der Waals surface area contributed by atoms with E-state index in [1.54, 1.807) is 11.8 Å². The first-order chi connectivity index (χ1) is 27.1. The maximum absolute atomic E-state index is 13.8. The first-order valence-electron chi connectivity index (χ1n) is 23.6. The van der Waals surface area contributed by atoms with E-state index in [1.165, 1.54) is 184 Å². The van der Waals surface area contributed by atoms with E-state index in [1.807, 2.05) is 12.1 Å². The summed E-state index contributed by atoms with van der Waals surface area (Å²) in [4.78, 5) is 15.8. The molecule has 0 aliphatic carbocycles. The molecule has 3 rings (SSSR count). The third-order valence-corrected chi connectivity index (χ3v) is 12.7. The van der Waals surface area contributed by atoms with Crippen LogP contribution in [0.5, 0.6) is 11.5 Å². The highest BCUT2D eigenvalue weighted by molar-refractivity contribution is 8.05. The van der Waals surface area contributed by atoms with Crippen molar-refractivity contribution in [1.29, 1.82) is 0 Å². The van der Waals surface area contributed by atoms with Crippen LogP contribution in [0.4, 0.5) is 0 Å². The number of benzene rings is 2. The van der Waals surface area contributed by atoms with Gasteiger partial charge in [0.1, 0.15) is 0 Å². The van der Waals surface area contributed by atoms with Crippen molar-refractivity contribution >= 4 is 23.6 Å². The Morgan fingerprint density at radius 2 is 1.02 bits per heavy atom. The van der Waals surface area contributed by atoms with Gasteiger partial charge in [-0.2, -0.15) is 0 Å². The van der Waals surface area contributed by atoms with Gasteiger partial charge in [-0.3, -0.25) is 4.79 Å². The fourth-order valence-corrected chi connectivity index (χ4v) is 9.31. The topological polar surface area (TPSA) is 35.5 Å². The predicted octanol–water partition coefficient (Wildman–Crippen LogP) is 17.2. The lowest BCUT2D eigenvalue weighted by Gasteiger charge is -2.19. The van der Waals surface area contributed by atoms with Crippen LogP contribution in [0, 0.1) is 0 Å². The van der Waals surface area contributed by atoms with Crippen LogP contribution < -0.4 is 9.47 Å². The molecule has 4 heteroatoms. The third kappa shape index (κ3) is 19.2. The van der Waals surface area contributed by atoms with Crippen LogP contribution >= 0.6 is 11.8 Å². The number of hydrogen-bond acceptors (Lipinski definition) is 4. The number of carbonyl (C=O) groups is 1. The highest BCUT2D eigenvalue weighted by Gasteiger charge is 2.30. The van der Waals surface area contributed by atoms with Crippen molar-refractivity contribution in [3.63, 3.8) is 0 Å². The van der Waals surface area contributed by atoms with Crippen molar-refractivity contribution in [3.05, 3.63) is 58.0 Å². The number of fused-ring (bicyclic) bond motifs is 1. The van der Waals surface area contributed by atoms with Crippen molar-refractivity contribution in [1.82, 2.24) is 0 Å². The van der Waals surface area contributed by atoms with Gasteiger partial charge in [-0.15, -0.1) is 0 Å². The SMILES string of the molecule is CCCCCCCCCCCCCCCCCCC(CCC)c1cccc2c1SC(=Cc1ccc(OCCCCCCC)c(OCCCCCCC)c1)C2=O. The fraction of sp³-hybridized carbons (Fsp3) is 0.706. The normalized spacial score (nSPS) is 13.8. The quantitative estimate of drug-likeness (QED) is 0.0516. The zero-order valence-electron chi connectivity index (χ0n) is 36.2. The lowest BCUT2D eigenvalue weighted by molar-refractivity contribution is 0.104. The molecule has 0 saturated heterocycles. The Hall–Kier alpha value is -2.20. The van der Waals surface area contributed by atoms with Crippen LogP contribution in [0.1, 0.15) is 241 Å². The van der Waals surface area contributed by atoms with Gasteiger partial charge < -0.3 is 9.47 Å². The Labute approximate surface area is 344 Å². The highest BCUT2D eigenvalue weighted by atomic mass is 32.2. The smallest absolute Gasteiger partial charge is 0.200 e. The molecular formula is C51H82O3S. The van der Waals surface area contributed by atoms with Crippen LogP contribution in [0.2, 0.25) is 0 Å². The summed E-state index contributed by atoms with van der Waals surface area (Å²) in [6, 6.07) is 12.7. The van der Waals surface area contributed by atoms with Crippen molar-refractivity contribution < 1.29 is 14.3 Å². The second-order valence-electron chi connectivity index (χ2n) is 16.5. The van der Waals surface area contributed by atoms with E-state index in [4.69, 9.17) is 9.47 Å². The van der Waals surface area contributed by atoms with Gasteiger partial charge in [0.15, 0.2) is 11.5 Å². The van der Waals surface area contributed by atoms with E-state index in [0.717, 1.165) is 40.4 Å². The molecule has 3 nitrogen and oxygen atoms in total. The molecule has 1 aliphatic rings. The molecule has 0 bridgehead atoms. The number of thioether (sulfide) groups is 1. The van der Waals surface area contributed by atoms with Crippen LogP contribution in [0.15, 0.2) is 46.2 Å². The predicted molar refractivity (Wildman–Crippen MR) is 241 cm³/mol. The Morgan fingerprint density at radius 3 is 1.55 bits per heavy atom. The molecule has 0 spiro atoms. The van der Waals surface area contributed by atoms with Crippen molar-refractivity contribution in [2.24, 2.45) is 0 Å². The van der Waals surface area contributed by atoms with E-state index in [-0.39, 0.29) is 5.78 Å². The molecule has 2 aromatic carbocycles. The number of Topliss-reactive ketones (excluding diaryl/α,β-unsaturated/α-hetero) is 1. The molecule has 55 heavy (non-hydrogen) atoms. The van der Waals surface area contributed by atoms with Gasteiger partial charge >= 0.3 is 0 Å². The number of rotatable bonds is 35. The summed E-state index contributed by atoms with van der Waals surface area (Å²) in [7, 11) is 0. The number of ketones is 1. The molecule has 310 valence electrons. The molecule has 1 aliphatic heterocycles. The minimum absolute atomic E-state index is 0.158. The summed E-state index contributed by atoms with van der Waals surface area (Å²) in [5, 5.41) is 0. The summed E-state index contributed by atoms with van der Waals surface area (Å²) in [6.45, 7) is 10.5. The maximum atomic E-state index is 13.8. The Kier molecular flexibility index (Phi) is 26.5. The van der Waals surface area contributed by atoms with E-state index in [9.17, 15) is 4.79 Å². The number of hydrogen-bond donors (Lipinski definition) is 0. The summed E-state index contributed by atoms with van der Waals surface area (Å²) in [6.07, 6.45) is 40.2. The Bertz CT molecular complexity index is 1320. The molecule has 1 heterocycles. The number of allylic oxidation sites excluding steroid dienone is 1. The van der Waals surface area contributed by atoms with E-state index in [2.05, 4.69) is 58.0 Å². The van der Waals surface area contributed by atoms with Gasteiger partial charge in [-0.25, -0.2) is 0 Å². The van der Waals surface area contributed by atoms with Crippen LogP contribution in [0.3, 0.4) is 0 Å². The Morgan fingerprint density at radius 1 is 0.527 bits per heavy atom. The summed E-state index contributed by atoms with van der Waals surface area (Å²) in [5.74, 6) is 2.29. The van der Waals surface area contributed by atoms with E-state index >= 15 is 0 Å². The molecule has 0 amide bonds. The second kappa shape index (κ2) is 30.9. The van der Waals surface area contributed by atoms with Gasteiger partial charge in [-0.1, -0.05) is 218 Å². The van der Waals surface area contributed by atoms with E-state index in [0.29, 0.717) is 19.1 Å². The highest BCUT2D eigenvalue weighted by Crippen LogP contribution is 2.47. The van der Waals surface area contributed by atoms with Crippen LogP contribution in [0.25, 0.3) is 6.08 Å². The molecule has 1 atom stereocenters. The molecule has 0 radical (unpaired) electrons. The number of carbonyl (C=O) groups excluding carboxylic acids is 1. The van der Waals surface area contributed by atoms with Crippen LogP contribution in [-0.2, 0) is 0 Å². The molecule has 0 fully saturated rings. The summed E-state index contributed by atoms with van der Waals surface area (Å²) >= 11 is 1.69. The average molecular weight is 775 g/mol. The van der Waals surface area contributed by atoms with Crippen molar-refractivity contribution in [2.45, 2.75) is 225 Å². The molecular weight excluding hydrogens is 693 g/mol. The number of ether oxygens (including phenoxy) is 2. The standard InChI is InChI=1S/C51H82O3S/c1-5-9-12-15-16-17-18-19-20-21-22-23-24-25-26-29-34-44(33-8-4)45-35-32-36-46-50(52)49(55-51(45)46)42-43-37-38-47(53-39-30-27-13-10-6-2)48(41-43)54-40-31-28-14-11-7-3/h32,35-38,41-42,44H,5-31,33-34,39-40H2,1-4H3. The van der Waals surface area contributed by atoms with Gasteiger partial charge in [0.2, 0.25) is 5.78 Å². The van der Waals surface area contributed by atoms with Crippen molar-refractivity contribution in [2.75, 3.05) is 13.2 Å². The average Bonchev–Trinajstić information content (AvgIpc) is 3.51. The van der Waals surface area contributed by atoms with Gasteiger partial charge in [0.25, 0.3) is 0 Å². The number of unbranched alkanes of at least 4 members (excludes halogenated alkanes) is 23. The van der Waals surface area contributed by atoms with Gasteiger partial charge in [0, 0.05) is 10.5 Å². The molecule has 0 N–H and O–H groups in total. The monoisotopic (exact) mass is 775 g/mol. The van der Waals surface area contributed by atoms with Crippen molar-refractivity contribution in [3.8, 4) is 11.5 Å². The first kappa shape index (κ1) is 47.2. The summed E-state index contributed by atoms with van der Waals surface area (Å²) in [5.41, 5.74) is 3.27. The second-order valence-corrected chi connectivity index (χ2v) is 17.5. The Balaban J connectivity index is 1.51. The lowest BCUT2D eigenvalue weighted by atomic mass is 9.88. The van der Waals surface area contributed by atoms with Crippen LogP contribution in [-0.4, -0.2) is 19.0 Å². The zero-order chi connectivity index (χ0) is 39.2. The third-order valence-electron chi connectivity index (χ3n) is 11.5. The lowest BCUT2D eigenvalue weighted by Crippen LogP contribution is -2.03. The molecule has 1 unspecified atom stereocenters. The summed E-state index contributed by atoms with van der Waals surface area (Å²) < 4.78 is 12.6. The fourth-order valence-electron chi connectivity index (χ4n) is 8.07. The largest absolute Gasteiger partial charge is 0.490 e. The zero-order valence-corrected chi connectivity index (χ0v) is 37.0. The van der Waals surface area contributed by atoms with E-state index < -0.39 is 0 Å². The molecule has 0 saturated carbocycles. The molecule has 0 aromatic heterocycles. The van der Waals surface area contributed by atoms with Gasteiger partial charge in [-0.05, 0) is 67.0 Å². The molecule has 2 aromatic rings. The minimum Gasteiger partial charge on any atom is -0.490 e. The minimum atomic E-state index is 0.158. The maximum Gasteiger partial charge on any atom is 0.200 e. The van der Waals surface area contributed by atoms with Gasteiger partial charge in [0.05, 0.1) is 18.1 Å².